The number of alkyl carbamates (subject to hydrolysis) is 1. The summed E-state index contributed by atoms with van der Waals surface area (Å²) in [6.45, 7) is 7.42. The molecule has 2 amide bonds. The van der Waals surface area contributed by atoms with E-state index in [1.165, 1.54) is 0 Å². The highest BCUT2D eigenvalue weighted by Crippen LogP contribution is 2.13. The minimum atomic E-state index is -0.851. The lowest BCUT2D eigenvalue weighted by atomic mass is 10.00. The number of ether oxygens (including phenoxy) is 1. The fourth-order valence-electron chi connectivity index (χ4n) is 2.33. The third-order valence-electron chi connectivity index (χ3n) is 3.22. The van der Waals surface area contributed by atoms with Crippen molar-refractivity contribution in [1.82, 2.24) is 10.6 Å². The van der Waals surface area contributed by atoms with Gasteiger partial charge in [0, 0.05) is 13.0 Å². The molecule has 25 heavy (non-hydrogen) atoms. The molecule has 0 bridgehead atoms. The van der Waals surface area contributed by atoms with Gasteiger partial charge in [-0.05, 0) is 38.8 Å². The molecule has 136 valence electrons. The standard InChI is InChI=1S/C18H26N4O3/c1-12-7-13(9-14(8-12)11-20)10-15(16(23)21-6-5-19)22-17(24)25-18(2,3)4/h7-9,15H,6,10-11,20H2,1-4H3,(H,21,23)(H,22,24). The first-order valence-electron chi connectivity index (χ1n) is 8.08. The third-order valence-corrected chi connectivity index (χ3v) is 3.22. The van der Waals surface area contributed by atoms with Crippen LogP contribution in [0.25, 0.3) is 0 Å². The Morgan fingerprint density at radius 1 is 1.28 bits per heavy atom. The van der Waals surface area contributed by atoms with E-state index in [4.69, 9.17) is 15.7 Å². The van der Waals surface area contributed by atoms with Gasteiger partial charge in [-0.3, -0.25) is 4.79 Å². The number of aryl methyl sites for hydroxylation is 1. The van der Waals surface area contributed by atoms with Crippen LogP contribution in [0.15, 0.2) is 18.2 Å². The van der Waals surface area contributed by atoms with Crippen molar-refractivity contribution in [2.75, 3.05) is 6.54 Å². The number of nitrogens with two attached hydrogens (primary N) is 1. The Morgan fingerprint density at radius 3 is 2.48 bits per heavy atom. The monoisotopic (exact) mass is 346 g/mol. The quantitative estimate of drug-likeness (QED) is 0.675. The van der Waals surface area contributed by atoms with Gasteiger partial charge in [0.25, 0.3) is 0 Å². The first-order chi connectivity index (χ1) is 11.6. The second-order valence-corrected chi connectivity index (χ2v) is 6.81. The zero-order valence-corrected chi connectivity index (χ0v) is 15.2. The van der Waals surface area contributed by atoms with Crippen LogP contribution in [-0.4, -0.2) is 30.2 Å². The lowest BCUT2D eigenvalue weighted by molar-refractivity contribution is -0.122. The molecule has 0 aromatic heterocycles. The molecular formula is C18H26N4O3. The van der Waals surface area contributed by atoms with Gasteiger partial charge in [0.1, 0.15) is 18.2 Å². The molecule has 7 heteroatoms. The molecule has 1 rings (SSSR count). The minimum Gasteiger partial charge on any atom is -0.444 e. The first-order valence-corrected chi connectivity index (χ1v) is 8.08. The maximum Gasteiger partial charge on any atom is 0.408 e. The van der Waals surface area contributed by atoms with Crippen molar-refractivity contribution in [2.24, 2.45) is 5.73 Å². The van der Waals surface area contributed by atoms with E-state index >= 15 is 0 Å². The molecule has 7 nitrogen and oxygen atoms in total. The van der Waals surface area contributed by atoms with E-state index in [-0.39, 0.29) is 13.0 Å². The van der Waals surface area contributed by atoms with E-state index in [0.29, 0.717) is 6.54 Å². The van der Waals surface area contributed by atoms with E-state index in [1.807, 2.05) is 31.2 Å². The average Bonchev–Trinajstić information content (AvgIpc) is 2.49. The number of benzene rings is 1. The number of carbonyl (C=O) groups excluding carboxylic acids is 2. The number of rotatable bonds is 6. The van der Waals surface area contributed by atoms with E-state index < -0.39 is 23.6 Å². The predicted octanol–water partition coefficient (Wildman–Crippen LogP) is 1.53. The normalized spacial score (nSPS) is 12.0. The van der Waals surface area contributed by atoms with Crippen LogP contribution < -0.4 is 16.4 Å². The number of amides is 2. The number of nitriles is 1. The molecule has 1 atom stereocenters. The molecule has 4 N–H and O–H groups in total. The summed E-state index contributed by atoms with van der Waals surface area (Å²) in [5.41, 5.74) is 7.85. The van der Waals surface area contributed by atoms with Gasteiger partial charge >= 0.3 is 6.09 Å². The van der Waals surface area contributed by atoms with Crippen molar-refractivity contribution in [3.05, 3.63) is 34.9 Å². The Bertz CT molecular complexity index is 659. The Balaban J connectivity index is 2.94. The summed E-state index contributed by atoms with van der Waals surface area (Å²) >= 11 is 0. The first kappa shape index (κ1) is 20.5. The van der Waals surface area contributed by atoms with E-state index in [2.05, 4.69) is 10.6 Å². The topological polar surface area (TPSA) is 117 Å². The summed E-state index contributed by atoms with van der Waals surface area (Å²) in [5, 5.41) is 13.7. The third kappa shape index (κ3) is 7.68. The Hall–Kier alpha value is -2.59. The summed E-state index contributed by atoms with van der Waals surface area (Å²) in [4.78, 5) is 24.3. The smallest absolute Gasteiger partial charge is 0.408 e. The van der Waals surface area contributed by atoms with Crippen LogP contribution in [0, 0.1) is 18.3 Å². The summed E-state index contributed by atoms with van der Waals surface area (Å²) in [7, 11) is 0. The molecule has 0 radical (unpaired) electrons. The summed E-state index contributed by atoms with van der Waals surface area (Å²) in [5.74, 6) is -0.441. The number of hydrogen-bond donors (Lipinski definition) is 3. The van der Waals surface area contributed by atoms with Gasteiger partial charge in [0.2, 0.25) is 5.91 Å². The number of nitrogens with one attached hydrogen (secondary N) is 2. The average molecular weight is 346 g/mol. The van der Waals surface area contributed by atoms with Crippen molar-refractivity contribution in [2.45, 2.75) is 52.3 Å². The minimum absolute atomic E-state index is 0.132. The van der Waals surface area contributed by atoms with Crippen LogP contribution in [-0.2, 0) is 22.5 Å². The van der Waals surface area contributed by atoms with Crippen molar-refractivity contribution < 1.29 is 14.3 Å². The van der Waals surface area contributed by atoms with E-state index in [0.717, 1.165) is 16.7 Å². The predicted molar refractivity (Wildman–Crippen MR) is 94.6 cm³/mol. The highest BCUT2D eigenvalue weighted by molar-refractivity contribution is 5.86. The molecule has 0 aliphatic carbocycles. The maximum absolute atomic E-state index is 12.3. The van der Waals surface area contributed by atoms with Gasteiger partial charge in [-0.2, -0.15) is 5.26 Å². The van der Waals surface area contributed by atoms with Gasteiger partial charge < -0.3 is 21.1 Å². The summed E-state index contributed by atoms with van der Waals surface area (Å²) < 4.78 is 5.21. The zero-order valence-electron chi connectivity index (χ0n) is 15.2. The van der Waals surface area contributed by atoms with Crippen LogP contribution >= 0.6 is 0 Å². The molecule has 0 saturated heterocycles. The van der Waals surface area contributed by atoms with Crippen LogP contribution in [0.1, 0.15) is 37.5 Å². The van der Waals surface area contributed by atoms with Crippen LogP contribution in [0.3, 0.4) is 0 Å². The van der Waals surface area contributed by atoms with Crippen molar-refractivity contribution >= 4 is 12.0 Å². The fraction of sp³-hybridized carbons (Fsp3) is 0.500. The highest BCUT2D eigenvalue weighted by Gasteiger charge is 2.24. The number of hydrogen-bond acceptors (Lipinski definition) is 5. The lowest BCUT2D eigenvalue weighted by Crippen LogP contribution is -2.49. The molecular weight excluding hydrogens is 320 g/mol. The molecule has 0 aliphatic heterocycles. The van der Waals surface area contributed by atoms with Crippen LogP contribution in [0.4, 0.5) is 4.79 Å². The van der Waals surface area contributed by atoms with Gasteiger partial charge in [-0.25, -0.2) is 4.79 Å². The van der Waals surface area contributed by atoms with Crippen molar-refractivity contribution in [3.8, 4) is 6.07 Å². The molecule has 0 heterocycles. The summed E-state index contributed by atoms with van der Waals surface area (Å²) in [6.07, 6.45) is -0.415. The largest absolute Gasteiger partial charge is 0.444 e. The van der Waals surface area contributed by atoms with E-state index in [9.17, 15) is 9.59 Å². The molecule has 0 saturated carbocycles. The van der Waals surface area contributed by atoms with Gasteiger partial charge in [-0.15, -0.1) is 0 Å². The Morgan fingerprint density at radius 2 is 1.92 bits per heavy atom. The number of carbonyl (C=O) groups is 2. The summed E-state index contributed by atoms with van der Waals surface area (Å²) in [6, 6.07) is 6.79. The molecule has 1 aromatic rings. The van der Waals surface area contributed by atoms with Crippen LogP contribution in [0.2, 0.25) is 0 Å². The van der Waals surface area contributed by atoms with Crippen molar-refractivity contribution in [3.63, 3.8) is 0 Å². The maximum atomic E-state index is 12.3. The second kappa shape index (κ2) is 9.04. The molecule has 1 unspecified atom stereocenters. The highest BCUT2D eigenvalue weighted by atomic mass is 16.6. The molecule has 0 aliphatic rings. The Labute approximate surface area is 148 Å². The second-order valence-electron chi connectivity index (χ2n) is 6.81. The lowest BCUT2D eigenvalue weighted by Gasteiger charge is -2.23. The Kier molecular flexibility index (Phi) is 7.40. The molecule has 1 aromatic carbocycles. The zero-order chi connectivity index (χ0) is 19.0. The van der Waals surface area contributed by atoms with Crippen molar-refractivity contribution in [1.29, 1.82) is 5.26 Å². The SMILES string of the molecule is Cc1cc(CN)cc(CC(NC(=O)OC(C)(C)C)C(=O)NCC#N)c1. The van der Waals surface area contributed by atoms with Gasteiger partial charge in [-0.1, -0.05) is 23.8 Å². The van der Waals surface area contributed by atoms with Gasteiger partial charge in [0.05, 0.1) is 6.07 Å². The van der Waals surface area contributed by atoms with Gasteiger partial charge in [0.15, 0.2) is 0 Å². The number of nitrogens with zero attached hydrogens (tertiary/aromatic N) is 1. The van der Waals surface area contributed by atoms with Crippen LogP contribution in [0.5, 0.6) is 0 Å². The van der Waals surface area contributed by atoms with E-state index in [1.54, 1.807) is 20.8 Å². The fourth-order valence-corrected chi connectivity index (χ4v) is 2.33. The molecule has 0 fully saturated rings. The molecule has 0 spiro atoms.